The quantitative estimate of drug-likeness (QED) is 0.479. The van der Waals surface area contributed by atoms with Crippen molar-refractivity contribution in [3.63, 3.8) is 0 Å². The van der Waals surface area contributed by atoms with Crippen LogP contribution in [0.3, 0.4) is 0 Å². The van der Waals surface area contributed by atoms with E-state index >= 15 is 0 Å². The minimum absolute atomic E-state index is 0.111. The molecule has 0 bridgehead atoms. The summed E-state index contributed by atoms with van der Waals surface area (Å²) >= 11 is 3.52. The second-order valence-electron chi connectivity index (χ2n) is 1.84. The van der Waals surface area contributed by atoms with Gasteiger partial charge in [0.15, 0.2) is 0 Å². The van der Waals surface area contributed by atoms with Crippen LogP contribution in [0.5, 0.6) is 0 Å². The number of thiol groups is 1. The van der Waals surface area contributed by atoms with Gasteiger partial charge in [0, 0.05) is 6.42 Å². The van der Waals surface area contributed by atoms with Gasteiger partial charge in [0.1, 0.15) is 0 Å². The highest BCUT2D eigenvalue weighted by Gasteiger charge is 2.04. The van der Waals surface area contributed by atoms with E-state index in [1.54, 1.807) is 6.92 Å². The molecule has 0 spiro atoms. The first-order valence-electron chi connectivity index (χ1n) is 3.29. The summed E-state index contributed by atoms with van der Waals surface area (Å²) in [6.07, 6.45) is 0.239. The van der Waals surface area contributed by atoms with Gasteiger partial charge in [0.05, 0.1) is 13.0 Å². The fourth-order valence-electron chi connectivity index (χ4n) is 0.505. The fourth-order valence-corrected chi connectivity index (χ4v) is 0.616. The maximum atomic E-state index is 10.6. The van der Waals surface area contributed by atoms with Crippen molar-refractivity contribution < 1.29 is 14.3 Å². The average Bonchev–Trinajstić information content (AvgIpc) is 2.01. The molecular formula is C6H11NO3S. The van der Waals surface area contributed by atoms with Crippen molar-refractivity contribution in [2.24, 2.45) is 0 Å². The second kappa shape index (κ2) is 6.03. The lowest BCUT2D eigenvalue weighted by Crippen LogP contribution is -2.14. The predicted octanol–water partition coefficient (Wildman–Crippen LogP) is 0.291. The summed E-state index contributed by atoms with van der Waals surface area (Å²) in [4.78, 5) is 21.2. The number of carbonyl (C=O) groups excluding carboxylic acids is 2. The topological polar surface area (TPSA) is 55.4 Å². The third-order valence-electron chi connectivity index (χ3n) is 0.986. The van der Waals surface area contributed by atoms with E-state index in [1.165, 1.54) is 0 Å². The molecule has 0 aliphatic rings. The molecule has 0 aromatic carbocycles. The number of nitrogens with one attached hydrogen (secondary N) is 1. The summed E-state index contributed by atoms with van der Waals surface area (Å²) in [6, 6.07) is 0. The smallest absolute Gasteiger partial charge is 0.306 e. The van der Waals surface area contributed by atoms with E-state index < -0.39 is 0 Å². The molecule has 0 rings (SSSR count). The Bertz CT molecular complexity index is 149. The first-order chi connectivity index (χ1) is 5.20. The highest BCUT2D eigenvalue weighted by atomic mass is 32.1. The summed E-state index contributed by atoms with van der Waals surface area (Å²) in [5.74, 6) is -0.634. The Balaban J connectivity index is 3.38. The molecule has 1 amide bonds. The van der Waals surface area contributed by atoms with Crippen molar-refractivity contribution in [3.8, 4) is 0 Å². The van der Waals surface area contributed by atoms with E-state index in [9.17, 15) is 9.59 Å². The molecule has 0 aliphatic heterocycles. The van der Waals surface area contributed by atoms with Gasteiger partial charge in [-0.3, -0.25) is 9.59 Å². The molecule has 11 heavy (non-hydrogen) atoms. The lowest BCUT2D eigenvalue weighted by Gasteiger charge is -1.99. The van der Waals surface area contributed by atoms with Crippen LogP contribution >= 0.6 is 12.8 Å². The Morgan fingerprint density at radius 3 is 2.55 bits per heavy atom. The fraction of sp³-hybridized carbons (Fsp3) is 0.667. The van der Waals surface area contributed by atoms with Crippen LogP contribution < -0.4 is 4.72 Å². The Morgan fingerprint density at radius 1 is 1.45 bits per heavy atom. The van der Waals surface area contributed by atoms with E-state index in [4.69, 9.17) is 0 Å². The minimum Gasteiger partial charge on any atom is -0.466 e. The normalized spacial score (nSPS) is 8.91. The van der Waals surface area contributed by atoms with Gasteiger partial charge in [-0.2, -0.15) is 0 Å². The van der Waals surface area contributed by atoms with Crippen molar-refractivity contribution in [1.82, 2.24) is 4.72 Å². The molecule has 4 nitrogen and oxygen atoms in total. The molecule has 1 N–H and O–H groups in total. The van der Waals surface area contributed by atoms with Gasteiger partial charge in [-0.25, -0.2) is 0 Å². The lowest BCUT2D eigenvalue weighted by atomic mass is 10.3. The van der Waals surface area contributed by atoms with Gasteiger partial charge < -0.3 is 9.46 Å². The standard InChI is InChI=1S/C6H11NO3S/c1-2-10-6(9)4-3-5(8)7-11/h11H,2-4H2,1H3,(H,7,8). The van der Waals surface area contributed by atoms with Crippen molar-refractivity contribution in [3.05, 3.63) is 0 Å². The molecule has 5 heteroatoms. The number of ether oxygens (including phenoxy) is 1. The van der Waals surface area contributed by atoms with E-state index in [2.05, 4.69) is 22.3 Å². The number of esters is 1. The van der Waals surface area contributed by atoms with Crippen LogP contribution in [0, 0.1) is 0 Å². The molecule has 0 radical (unpaired) electrons. The van der Waals surface area contributed by atoms with Crippen LogP contribution in [0.15, 0.2) is 0 Å². The predicted molar refractivity (Wildman–Crippen MR) is 43.0 cm³/mol. The molecule has 0 fully saturated rings. The van der Waals surface area contributed by atoms with Gasteiger partial charge in [0.2, 0.25) is 5.91 Å². The SMILES string of the molecule is CCOC(=O)CCC(=O)NS. The maximum Gasteiger partial charge on any atom is 0.306 e. The van der Waals surface area contributed by atoms with E-state index in [1.807, 2.05) is 0 Å². The number of rotatable bonds is 4. The van der Waals surface area contributed by atoms with Crippen LogP contribution in [-0.2, 0) is 14.3 Å². The molecule has 0 saturated heterocycles. The lowest BCUT2D eigenvalue weighted by molar-refractivity contribution is -0.144. The van der Waals surface area contributed by atoms with E-state index in [-0.39, 0.29) is 24.7 Å². The number of hydrogen-bond acceptors (Lipinski definition) is 4. The van der Waals surface area contributed by atoms with Crippen LogP contribution in [0.1, 0.15) is 19.8 Å². The Hall–Kier alpha value is -0.710. The molecule has 64 valence electrons. The Kier molecular flexibility index (Phi) is 5.64. The maximum absolute atomic E-state index is 10.6. The van der Waals surface area contributed by atoms with E-state index in [0.29, 0.717) is 6.61 Å². The summed E-state index contributed by atoms with van der Waals surface area (Å²) in [5.41, 5.74) is 0. The zero-order chi connectivity index (χ0) is 8.69. The third kappa shape index (κ3) is 5.72. The molecule has 0 aromatic heterocycles. The van der Waals surface area contributed by atoms with Gasteiger partial charge in [-0.1, -0.05) is 12.8 Å². The molecule has 0 aromatic rings. The Labute approximate surface area is 70.8 Å². The highest BCUT2D eigenvalue weighted by molar-refractivity contribution is 7.78. The van der Waals surface area contributed by atoms with Gasteiger partial charge in [-0.15, -0.1) is 0 Å². The monoisotopic (exact) mass is 177 g/mol. The van der Waals surface area contributed by atoms with Crippen LogP contribution in [0.2, 0.25) is 0 Å². The first-order valence-corrected chi connectivity index (χ1v) is 3.74. The van der Waals surface area contributed by atoms with Crippen LogP contribution in [0.25, 0.3) is 0 Å². The average molecular weight is 177 g/mol. The van der Waals surface area contributed by atoms with Crippen molar-refractivity contribution in [2.45, 2.75) is 19.8 Å². The van der Waals surface area contributed by atoms with E-state index in [0.717, 1.165) is 0 Å². The zero-order valence-electron chi connectivity index (χ0n) is 6.29. The van der Waals surface area contributed by atoms with Crippen molar-refractivity contribution in [2.75, 3.05) is 6.61 Å². The van der Waals surface area contributed by atoms with Gasteiger partial charge in [-0.05, 0) is 6.92 Å². The molecule has 0 atom stereocenters. The second-order valence-corrected chi connectivity index (χ2v) is 2.06. The molecule has 0 unspecified atom stereocenters. The number of amides is 1. The van der Waals surface area contributed by atoms with Crippen molar-refractivity contribution >= 4 is 24.7 Å². The summed E-state index contributed by atoms with van der Waals surface area (Å²) in [7, 11) is 0. The van der Waals surface area contributed by atoms with Gasteiger partial charge in [0.25, 0.3) is 0 Å². The number of hydrogen-bond donors (Lipinski definition) is 2. The van der Waals surface area contributed by atoms with Gasteiger partial charge >= 0.3 is 5.97 Å². The zero-order valence-corrected chi connectivity index (χ0v) is 7.19. The number of carbonyl (C=O) groups is 2. The third-order valence-corrected chi connectivity index (χ3v) is 1.24. The van der Waals surface area contributed by atoms with Crippen molar-refractivity contribution in [1.29, 1.82) is 0 Å². The molecule has 0 aliphatic carbocycles. The summed E-state index contributed by atoms with van der Waals surface area (Å²) in [5, 5.41) is 0. The molecule has 0 saturated carbocycles. The van der Waals surface area contributed by atoms with Crippen LogP contribution in [0.4, 0.5) is 0 Å². The molecular weight excluding hydrogens is 166 g/mol. The molecule has 0 heterocycles. The Morgan fingerprint density at radius 2 is 2.09 bits per heavy atom. The van der Waals surface area contributed by atoms with Crippen LogP contribution in [-0.4, -0.2) is 18.5 Å². The summed E-state index contributed by atoms with van der Waals surface area (Å²) in [6.45, 7) is 2.07. The summed E-state index contributed by atoms with van der Waals surface area (Å²) < 4.78 is 6.70. The first kappa shape index (κ1) is 10.3. The highest BCUT2D eigenvalue weighted by Crippen LogP contribution is 1.92. The largest absolute Gasteiger partial charge is 0.466 e. The minimum atomic E-state index is -0.357.